The van der Waals surface area contributed by atoms with Gasteiger partial charge in [-0.05, 0) is 13.0 Å². The third-order valence-corrected chi connectivity index (χ3v) is 3.79. The smallest absolute Gasteiger partial charge is 0.0180 e. The average molecular weight is 203 g/mol. The van der Waals surface area contributed by atoms with Crippen LogP contribution in [0.4, 0.5) is 0 Å². The molecule has 0 aliphatic heterocycles. The second-order valence-electron chi connectivity index (χ2n) is 4.70. The molecule has 0 fully saturated rings. The first-order valence-corrected chi connectivity index (χ1v) is 6.20. The van der Waals surface area contributed by atoms with E-state index < -0.39 is 0 Å². The summed E-state index contributed by atoms with van der Waals surface area (Å²) in [4.78, 5) is 0. The van der Waals surface area contributed by atoms with Crippen LogP contribution < -0.4 is 5.32 Å². The maximum absolute atomic E-state index is 3.40. The maximum atomic E-state index is 3.40. The Labute approximate surface area is 88.1 Å². The molecule has 0 aromatic heterocycles. The summed E-state index contributed by atoms with van der Waals surface area (Å²) in [6, 6.07) is 0.661. The minimum Gasteiger partial charge on any atom is -0.316 e. The summed E-state index contributed by atoms with van der Waals surface area (Å²) >= 11 is 2.05. The van der Waals surface area contributed by atoms with E-state index in [2.05, 4.69) is 47.0 Å². The Morgan fingerprint density at radius 2 is 1.85 bits per heavy atom. The molecule has 13 heavy (non-hydrogen) atoms. The fourth-order valence-electron chi connectivity index (χ4n) is 1.16. The highest BCUT2D eigenvalue weighted by molar-refractivity contribution is 8.00. The summed E-state index contributed by atoms with van der Waals surface area (Å²) < 4.78 is 0.391. The van der Waals surface area contributed by atoms with Crippen molar-refractivity contribution in [2.75, 3.05) is 12.8 Å². The van der Waals surface area contributed by atoms with Gasteiger partial charge in [-0.2, -0.15) is 11.8 Å². The Bertz CT molecular complexity index is 129. The molecule has 0 spiro atoms. The van der Waals surface area contributed by atoms with E-state index in [4.69, 9.17) is 0 Å². The van der Waals surface area contributed by atoms with Gasteiger partial charge in [0.25, 0.3) is 0 Å². The monoisotopic (exact) mass is 203 g/mol. The lowest BCUT2D eigenvalue weighted by molar-refractivity contribution is 0.420. The van der Waals surface area contributed by atoms with E-state index in [9.17, 15) is 0 Å². The molecule has 1 nitrogen and oxygen atoms in total. The molecule has 1 N–H and O–H groups in total. The first kappa shape index (κ1) is 13.3. The lowest BCUT2D eigenvalue weighted by Crippen LogP contribution is -2.35. The summed E-state index contributed by atoms with van der Waals surface area (Å²) in [5.74, 6) is 1.99. The van der Waals surface area contributed by atoms with Crippen LogP contribution in [0.3, 0.4) is 0 Å². The summed E-state index contributed by atoms with van der Waals surface area (Å²) in [6.45, 7) is 11.4. The topological polar surface area (TPSA) is 12.0 Å². The molecular formula is C11H25NS. The van der Waals surface area contributed by atoms with Gasteiger partial charge in [0, 0.05) is 16.5 Å². The quantitative estimate of drug-likeness (QED) is 0.736. The third-order valence-electron chi connectivity index (χ3n) is 2.40. The van der Waals surface area contributed by atoms with Crippen molar-refractivity contribution in [3.05, 3.63) is 0 Å². The normalized spacial score (nSPS) is 17.1. The first-order chi connectivity index (χ1) is 5.90. The van der Waals surface area contributed by atoms with E-state index in [1.807, 2.05) is 11.8 Å². The molecule has 0 saturated heterocycles. The summed E-state index contributed by atoms with van der Waals surface area (Å²) in [5.41, 5.74) is 0. The third kappa shape index (κ3) is 6.39. The highest BCUT2D eigenvalue weighted by Crippen LogP contribution is 2.25. The van der Waals surface area contributed by atoms with Gasteiger partial charge < -0.3 is 5.32 Å². The van der Waals surface area contributed by atoms with Crippen LogP contribution >= 0.6 is 11.8 Å². The second-order valence-corrected chi connectivity index (χ2v) is 6.55. The molecule has 0 aromatic rings. The number of rotatable bonds is 5. The largest absolute Gasteiger partial charge is 0.316 e. The molecule has 0 bridgehead atoms. The van der Waals surface area contributed by atoms with Crippen LogP contribution in [0.25, 0.3) is 0 Å². The predicted molar refractivity (Wildman–Crippen MR) is 64.5 cm³/mol. The van der Waals surface area contributed by atoms with E-state index >= 15 is 0 Å². The zero-order chi connectivity index (χ0) is 10.5. The van der Waals surface area contributed by atoms with Crippen LogP contribution in [0, 0.1) is 5.92 Å². The van der Waals surface area contributed by atoms with Gasteiger partial charge in [-0.1, -0.05) is 41.0 Å². The van der Waals surface area contributed by atoms with E-state index in [0.717, 1.165) is 5.92 Å². The Morgan fingerprint density at radius 3 is 2.15 bits per heavy atom. The molecule has 0 aromatic carbocycles. The Morgan fingerprint density at radius 1 is 1.31 bits per heavy atom. The summed E-state index contributed by atoms with van der Waals surface area (Å²) in [7, 11) is 2.07. The fraction of sp³-hybridized carbons (Fsp3) is 1.00. The van der Waals surface area contributed by atoms with E-state index in [1.165, 1.54) is 12.2 Å². The molecule has 0 heterocycles. The predicted octanol–water partition coefficient (Wildman–Crippen LogP) is 3.15. The summed E-state index contributed by atoms with van der Waals surface area (Å²) in [5, 5.41) is 3.40. The Hall–Kier alpha value is 0.310. The standard InChI is InChI=1S/C11H25NS/c1-7-9(2)10(12-6)8-13-11(3,4)5/h9-10,12H,7-8H2,1-6H3. The molecule has 0 radical (unpaired) electrons. The maximum Gasteiger partial charge on any atom is 0.0180 e. The van der Waals surface area contributed by atoms with Gasteiger partial charge in [0.15, 0.2) is 0 Å². The molecule has 0 rings (SSSR count). The van der Waals surface area contributed by atoms with Crippen LogP contribution in [-0.4, -0.2) is 23.6 Å². The second kappa shape index (κ2) is 5.92. The number of thioether (sulfide) groups is 1. The van der Waals surface area contributed by atoms with E-state index in [-0.39, 0.29) is 0 Å². The molecule has 2 unspecified atom stereocenters. The van der Waals surface area contributed by atoms with Crippen LogP contribution in [0.1, 0.15) is 41.0 Å². The molecule has 0 aliphatic carbocycles. The van der Waals surface area contributed by atoms with Crippen molar-refractivity contribution >= 4 is 11.8 Å². The fourth-order valence-corrected chi connectivity index (χ4v) is 2.33. The zero-order valence-electron chi connectivity index (χ0n) is 9.98. The molecular weight excluding hydrogens is 178 g/mol. The first-order valence-electron chi connectivity index (χ1n) is 5.22. The van der Waals surface area contributed by atoms with Crippen molar-refractivity contribution < 1.29 is 0 Å². The van der Waals surface area contributed by atoms with Crippen molar-refractivity contribution in [3.63, 3.8) is 0 Å². The van der Waals surface area contributed by atoms with Crippen molar-refractivity contribution in [1.82, 2.24) is 5.32 Å². The van der Waals surface area contributed by atoms with Crippen molar-refractivity contribution in [2.45, 2.75) is 51.8 Å². The molecule has 2 atom stereocenters. The van der Waals surface area contributed by atoms with Gasteiger partial charge in [-0.25, -0.2) is 0 Å². The van der Waals surface area contributed by atoms with Crippen molar-refractivity contribution in [2.24, 2.45) is 5.92 Å². The van der Waals surface area contributed by atoms with Gasteiger partial charge in [-0.15, -0.1) is 0 Å². The number of hydrogen-bond donors (Lipinski definition) is 1. The van der Waals surface area contributed by atoms with Gasteiger partial charge in [0.05, 0.1) is 0 Å². The van der Waals surface area contributed by atoms with Crippen LogP contribution in [0.15, 0.2) is 0 Å². The van der Waals surface area contributed by atoms with Gasteiger partial charge in [0.2, 0.25) is 0 Å². The van der Waals surface area contributed by atoms with Crippen LogP contribution in [0.2, 0.25) is 0 Å². The number of nitrogens with one attached hydrogen (secondary N) is 1. The Balaban J connectivity index is 3.85. The van der Waals surface area contributed by atoms with Crippen molar-refractivity contribution in [3.8, 4) is 0 Å². The zero-order valence-corrected chi connectivity index (χ0v) is 10.8. The minimum absolute atomic E-state index is 0.391. The van der Waals surface area contributed by atoms with Crippen molar-refractivity contribution in [1.29, 1.82) is 0 Å². The highest BCUT2D eigenvalue weighted by atomic mass is 32.2. The lowest BCUT2D eigenvalue weighted by atomic mass is 10.0. The molecule has 0 aliphatic rings. The van der Waals surface area contributed by atoms with Crippen LogP contribution in [0.5, 0.6) is 0 Å². The van der Waals surface area contributed by atoms with E-state index in [1.54, 1.807) is 0 Å². The minimum atomic E-state index is 0.391. The molecule has 80 valence electrons. The Kier molecular flexibility index (Phi) is 6.06. The van der Waals surface area contributed by atoms with E-state index in [0.29, 0.717) is 10.8 Å². The highest BCUT2D eigenvalue weighted by Gasteiger charge is 2.17. The number of hydrogen-bond acceptors (Lipinski definition) is 2. The van der Waals surface area contributed by atoms with Gasteiger partial charge in [0.1, 0.15) is 0 Å². The molecule has 0 amide bonds. The van der Waals surface area contributed by atoms with Gasteiger partial charge >= 0.3 is 0 Å². The van der Waals surface area contributed by atoms with Crippen LogP contribution in [-0.2, 0) is 0 Å². The van der Waals surface area contributed by atoms with Gasteiger partial charge in [-0.3, -0.25) is 0 Å². The molecule has 2 heteroatoms. The summed E-state index contributed by atoms with van der Waals surface area (Å²) in [6.07, 6.45) is 1.26. The lowest BCUT2D eigenvalue weighted by Gasteiger charge is -2.26. The average Bonchev–Trinajstić information content (AvgIpc) is 2.03. The SMILES string of the molecule is CCC(C)C(CSC(C)(C)C)NC. The molecule has 0 saturated carbocycles.